The molecule has 0 radical (unpaired) electrons. The fraction of sp³-hybridized carbons (Fsp3) is 0.300. The maximum Gasteiger partial charge on any atom is 0.279 e. The first kappa shape index (κ1) is 21.0. The number of hydrogen-bond acceptors (Lipinski definition) is 3. The van der Waals surface area contributed by atoms with E-state index in [0.717, 1.165) is 5.69 Å². The molecular formula is C20H24ClN3O2S. The molecule has 5 nitrogen and oxygen atoms in total. The fourth-order valence-corrected chi connectivity index (χ4v) is 2.50. The third-order valence-corrected chi connectivity index (χ3v) is 4.26. The van der Waals surface area contributed by atoms with Crippen molar-refractivity contribution in [3.05, 3.63) is 59.1 Å². The fourth-order valence-electron chi connectivity index (χ4n) is 2.21. The van der Waals surface area contributed by atoms with Gasteiger partial charge in [0.25, 0.3) is 5.91 Å². The number of hydrogen-bond donors (Lipinski definition) is 3. The Labute approximate surface area is 170 Å². The third-order valence-electron chi connectivity index (χ3n) is 3.80. The largest absolute Gasteiger partial charge is 0.481 e. The van der Waals surface area contributed by atoms with Gasteiger partial charge in [-0.25, -0.2) is 0 Å². The van der Waals surface area contributed by atoms with Gasteiger partial charge >= 0.3 is 0 Å². The summed E-state index contributed by atoms with van der Waals surface area (Å²) in [4.78, 5) is 12.2. The summed E-state index contributed by atoms with van der Waals surface area (Å²) in [6, 6.07) is 14.8. The normalized spacial score (nSPS) is 12.0. The van der Waals surface area contributed by atoms with Crippen LogP contribution in [0.25, 0.3) is 0 Å². The van der Waals surface area contributed by atoms with Crippen LogP contribution in [0.1, 0.15) is 33.3 Å². The Morgan fingerprint density at radius 3 is 2.19 bits per heavy atom. The molecule has 0 aliphatic rings. The van der Waals surface area contributed by atoms with E-state index >= 15 is 0 Å². The van der Waals surface area contributed by atoms with Gasteiger partial charge in [-0.3, -0.25) is 15.6 Å². The Morgan fingerprint density at radius 2 is 1.63 bits per heavy atom. The van der Waals surface area contributed by atoms with Gasteiger partial charge in [-0.1, -0.05) is 44.5 Å². The van der Waals surface area contributed by atoms with Crippen LogP contribution in [0.15, 0.2) is 48.5 Å². The lowest BCUT2D eigenvalue weighted by Gasteiger charge is -2.20. The van der Waals surface area contributed by atoms with Crippen molar-refractivity contribution in [1.29, 1.82) is 0 Å². The van der Waals surface area contributed by atoms with Crippen molar-refractivity contribution in [1.82, 2.24) is 10.9 Å². The van der Waals surface area contributed by atoms with Crippen molar-refractivity contribution in [2.45, 2.75) is 39.2 Å². The van der Waals surface area contributed by atoms with Crippen LogP contribution in [0.3, 0.4) is 0 Å². The number of nitrogens with one attached hydrogen (secondary N) is 3. The van der Waals surface area contributed by atoms with E-state index in [1.807, 2.05) is 24.3 Å². The number of hydrazine groups is 1. The topological polar surface area (TPSA) is 62.4 Å². The highest BCUT2D eigenvalue weighted by molar-refractivity contribution is 7.80. The second-order valence-electron chi connectivity index (χ2n) is 7.11. The molecule has 1 amide bonds. The van der Waals surface area contributed by atoms with Crippen LogP contribution >= 0.6 is 23.8 Å². The van der Waals surface area contributed by atoms with Crippen molar-refractivity contribution >= 4 is 40.5 Å². The zero-order chi connectivity index (χ0) is 20.0. The molecule has 0 saturated heterocycles. The van der Waals surface area contributed by atoms with Gasteiger partial charge in [-0.15, -0.1) is 0 Å². The number of carbonyl (C=O) groups excluding carboxylic acids is 1. The van der Waals surface area contributed by atoms with Crippen LogP contribution in [-0.4, -0.2) is 17.1 Å². The summed E-state index contributed by atoms with van der Waals surface area (Å²) in [5.74, 6) is 0.294. The molecule has 1 atom stereocenters. The van der Waals surface area contributed by atoms with E-state index in [1.54, 1.807) is 31.2 Å². The molecule has 0 aliphatic carbocycles. The number of thiocarbonyl (C=S) groups is 1. The molecule has 0 saturated carbocycles. The highest BCUT2D eigenvalue weighted by Gasteiger charge is 2.16. The molecule has 144 valence electrons. The number of ether oxygens (including phenoxy) is 1. The quantitative estimate of drug-likeness (QED) is 0.519. The zero-order valence-corrected chi connectivity index (χ0v) is 17.4. The Bertz CT molecular complexity index is 786. The summed E-state index contributed by atoms with van der Waals surface area (Å²) in [7, 11) is 0. The Hall–Kier alpha value is -2.31. The van der Waals surface area contributed by atoms with E-state index in [2.05, 4.69) is 36.9 Å². The molecule has 2 aromatic rings. The molecule has 0 fully saturated rings. The summed E-state index contributed by atoms with van der Waals surface area (Å²) < 4.78 is 5.68. The van der Waals surface area contributed by atoms with Crippen molar-refractivity contribution in [3.63, 3.8) is 0 Å². The minimum atomic E-state index is -0.684. The molecule has 0 bridgehead atoms. The smallest absolute Gasteiger partial charge is 0.279 e. The maximum atomic E-state index is 12.2. The first-order valence-electron chi connectivity index (χ1n) is 8.55. The first-order chi connectivity index (χ1) is 12.6. The van der Waals surface area contributed by atoms with Gasteiger partial charge in [-0.2, -0.15) is 0 Å². The van der Waals surface area contributed by atoms with E-state index in [-0.39, 0.29) is 16.4 Å². The van der Waals surface area contributed by atoms with E-state index in [4.69, 9.17) is 28.6 Å². The minimum absolute atomic E-state index is 0.0677. The molecule has 2 aromatic carbocycles. The first-order valence-corrected chi connectivity index (χ1v) is 9.33. The molecular weight excluding hydrogens is 382 g/mol. The molecule has 3 N–H and O–H groups in total. The second-order valence-corrected chi connectivity index (χ2v) is 7.95. The van der Waals surface area contributed by atoms with Crippen LogP contribution < -0.4 is 20.9 Å². The van der Waals surface area contributed by atoms with Crippen molar-refractivity contribution in [2.75, 3.05) is 5.32 Å². The molecule has 0 heterocycles. The average molecular weight is 406 g/mol. The molecule has 0 unspecified atom stereocenters. The van der Waals surface area contributed by atoms with E-state index < -0.39 is 6.10 Å². The Kier molecular flexibility index (Phi) is 7.05. The van der Waals surface area contributed by atoms with Crippen LogP contribution in [0.5, 0.6) is 5.75 Å². The SMILES string of the molecule is C[C@H](Oc1ccc(C(C)(C)C)cc1)C(=O)NNC(=S)Nc1ccc(Cl)cc1. The molecule has 0 aromatic heterocycles. The van der Waals surface area contributed by atoms with Crippen LogP contribution in [0.4, 0.5) is 5.69 Å². The third kappa shape index (κ3) is 6.73. The molecule has 0 spiro atoms. The number of benzene rings is 2. The summed E-state index contributed by atoms with van der Waals surface area (Å²) in [6.45, 7) is 8.10. The van der Waals surface area contributed by atoms with Gasteiger partial charge in [0, 0.05) is 10.7 Å². The number of amides is 1. The van der Waals surface area contributed by atoms with Crippen LogP contribution in [0.2, 0.25) is 5.02 Å². The van der Waals surface area contributed by atoms with Crippen molar-refractivity contribution in [2.24, 2.45) is 0 Å². The van der Waals surface area contributed by atoms with E-state index in [1.165, 1.54) is 5.56 Å². The monoisotopic (exact) mass is 405 g/mol. The van der Waals surface area contributed by atoms with Crippen LogP contribution in [-0.2, 0) is 10.2 Å². The Balaban J connectivity index is 1.81. The summed E-state index contributed by atoms with van der Waals surface area (Å²) >= 11 is 11.0. The standard InChI is InChI=1S/C20H24ClN3O2S/c1-13(26-17-11-5-14(6-12-17)20(2,3)4)18(25)23-24-19(27)22-16-9-7-15(21)8-10-16/h5-13H,1-4H3,(H,23,25)(H2,22,24,27)/t13-/m0/s1. The predicted octanol–water partition coefficient (Wildman–Crippen LogP) is 4.42. The summed E-state index contributed by atoms with van der Waals surface area (Å²) in [5, 5.41) is 3.83. The lowest BCUT2D eigenvalue weighted by Crippen LogP contribution is -2.48. The van der Waals surface area contributed by atoms with Gasteiger partial charge < -0.3 is 10.1 Å². The molecule has 0 aliphatic heterocycles. The van der Waals surface area contributed by atoms with Crippen molar-refractivity contribution in [3.8, 4) is 5.75 Å². The summed E-state index contributed by atoms with van der Waals surface area (Å²) in [5.41, 5.74) is 7.20. The zero-order valence-electron chi connectivity index (χ0n) is 15.8. The van der Waals surface area contributed by atoms with Crippen molar-refractivity contribution < 1.29 is 9.53 Å². The van der Waals surface area contributed by atoms with Gasteiger partial charge in [0.15, 0.2) is 11.2 Å². The molecule has 7 heteroatoms. The minimum Gasteiger partial charge on any atom is -0.481 e. The van der Waals surface area contributed by atoms with E-state index in [9.17, 15) is 4.79 Å². The average Bonchev–Trinajstić information content (AvgIpc) is 2.61. The van der Waals surface area contributed by atoms with Gasteiger partial charge in [0.2, 0.25) is 0 Å². The van der Waals surface area contributed by atoms with Gasteiger partial charge in [0.05, 0.1) is 0 Å². The maximum absolute atomic E-state index is 12.2. The Morgan fingerprint density at radius 1 is 1.04 bits per heavy atom. The van der Waals surface area contributed by atoms with Gasteiger partial charge in [0.1, 0.15) is 5.75 Å². The van der Waals surface area contributed by atoms with Gasteiger partial charge in [-0.05, 0) is 66.5 Å². The van der Waals surface area contributed by atoms with Crippen LogP contribution in [0, 0.1) is 0 Å². The molecule has 27 heavy (non-hydrogen) atoms. The number of anilines is 1. The number of rotatable bonds is 4. The highest BCUT2D eigenvalue weighted by atomic mass is 35.5. The molecule has 2 rings (SSSR count). The second kappa shape index (κ2) is 9.06. The lowest BCUT2D eigenvalue weighted by molar-refractivity contribution is -0.127. The van der Waals surface area contributed by atoms with E-state index in [0.29, 0.717) is 10.8 Å². The highest BCUT2D eigenvalue weighted by Crippen LogP contribution is 2.24. The number of carbonyl (C=O) groups is 1. The lowest BCUT2D eigenvalue weighted by atomic mass is 9.87. The number of halogens is 1. The predicted molar refractivity (Wildman–Crippen MR) is 114 cm³/mol. The summed E-state index contributed by atoms with van der Waals surface area (Å²) in [6.07, 6.45) is -0.684.